The first-order valence-electron chi connectivity index (χ1n) is 5.14. The molecule has 2 aromatic rings. The number of nitrogens with one attached hydrogen (secondary N) is 1. The second-order valence-electron chi connectivity index (χ2n) is 3.75. The molecule has 0 unspecified atom stereocenters. The molecule has 2 rings (SSSR count). The fraction of sp³-hybridized carbons (Fsp3) is 0.250. The first-order valence-corrected chi connectivity index (χ1v) is 5.14. The molecule has 3 nitrogen and oxygen atoms in total. The SMILES string of the molecule is Cc1c(NCc2cccc(F)c2)cnn1C.Cl. The van der Waals surface area contributed by atoms with Gasteiger partial charge in [-0.15, -0.1) is 12.4 Å². The first kappa shape index (κ1) is 13.5. The Bertz CT molecular complexity index is 496. The maximum Gasteiger partial charge on any atom is 0.123 e. The van der Waals surface area contributed by atoms with Crippen molar-refractivity contribution in [3.05, 3.63) is 47.5 Å². The zero-order valence-electron chi connectivity index (χ0n) is 9.77. The molecule has 1 aromatic heterocycles. The molecule has 0 aliphatic carbocycles. The van der Waals surface area contributed by atoms with E-state index in [1.807, 2.05) is 20.0 Å². The van der Waals surface area contributed by atoms with Crippen molar-refractivity contribution in [2.75, 3.05) is 5.32 Å². The highest BCUT2D eigenvalue weighted by Crippen LogP contribution is 2.13. The summed E-state index contributed by atoms with van der Waals surface area (Å²) in [4.78, 5) is 0. The van der Waals surface area contributed by atoms with Crippen LogP contribution in [0.1, 0.15) is 11.3 Å². The zero-order valence-corrected chi connectivity index (χ0v) is 10.6. The highest BCUT2D eigenvalue weighted by atomic mass is 35.5. The van der Waals surface area contributed by atoms with Crippen LogP contribution >= 0.6 is 12.4 Å². The molecule has 17 heavy (non-hydrogen) atoms. The number of aryl methyl sites for hydroxylation is 1. The summed E-state index contributed by atoms with van der Waals surface area (Å²) >= 11 is 0. The van der Waals surface area contributed by atoms with Gasteiger partial charge in [-0.3, -0.25) is 4.68 Å². The van der Waals surface area contributed by atoms with E-state index in [4.69, 9.17) is 0 Å². The lowest BCUT2D eigenvalue weighted by Gasteiger charge is -2.05. The number of hydrogen-bond acceptors (Lipinski definition) is 2. The van der Waals surface area contributed by atoms with Crippen LogP contribution in [0.3, 0.4) is 0 Å². The number of benzene rings is 1. The van der Waals surface area contributed by atoms with Crippen LogP contribution in [-0.2, 0) is 13.6 Å². The van der Waals surface area contributed by atoms with Gasteiger partial charge in [-0.1, -0.05) is 12.1 Å². The molecule has 0 bridgehead atoms. The fourth-order valence-electron chi connectivity index (χ4n) is 1.52. The lowest BCUT2D eigenvalue weighted by molar-refractivity contribution is 0.626. The van der Waals surface area contributed by atoms with Crippen LogP contribution in [0.5, 0.6) is 0 Å². The summed E-state index contributed by atoms with van der Waals surface area (Å²) in [5, 5.41) is 7.35. The Hall–Kier alpha value is -1.55. The second-order valence-corrected chi connectivity index (χ2v) is 3.75. The third-order valence-electron chi connectivity index (χ3n) is 2.61. The van der Waals surface area contributed by atoms with Crippen molar-refractivity contribution in [3.8, 4) is 0 Å². The fourth-order valence-corrected chi connectivity index (χ4v) is 1.52. The molecule has 5 heteroatoms. The van der Waals surface area contributed by atoms with Gasteiger partial charge in [-0.05, 0) is 24.6 Å². The van der Waals surface area contributed by atoms with Crippen LogP contribution in [0.25, 0.3) is 0 Å². The van der Waals surface area contributed by atoms with Crippen molar-refractivity contribution in [2.24, 2.45) is 7.05 Å². The Morgan fingerprint density at radius 2 is 2.18 bits per heavy atom. The highest BCUT2D eigenvalue weighted by Gasteiger charge is 2.02. The number of rotatable bonds is 3. The van der Waals surface area contributed by atoms with Gasteiger partial charge in [0.25, 0.3) is 0 Å². The molecule has 0 aliphatic heterocycles. The molecule has 0 atom stereocenters. The number of hydrogen-bond donors (Lipinski definition) is 1. The molecule has 1 N–H and O–H groups in total. The van der Waals surface area contributed by atoms with Gasteiger partial charge in [0, 0.05) is 13.6 Å². The molecule has 1 aromatic carbocycles. The van der Waals surface area contributed by atoms with Gasteiger partial charge >= 0.3 is 0 Å². The Labute approximate surface area is 106 Å². The van der Waals surface area contributed by atoms with E-state index in [2.05, 4.69) is 10.4 Å². The zero-order chi connectivity index (χ0) is 11.5. The summed E-state index contributed by atoms with van der Waals surface area (Å²) in [5.41, 5.74) is 2.96. The van der Waals surface area contributed by atoms with Crippen molar-refractivity contribution in [1.82, 2.24) is 9.78 Å². The molecule has 0 fully saturated rings. The van der Waals surface area contributed by atoms with Crippen molar-refractivity contribution in [3.63, 3.8) is 0 Å². The van der Waals surface area contributed by atoms with Crippen LogP contribution in [0.15, 0.2) is 30.5 Å². The van der Waals surface area contributed by atoms with Crippen molar-refractivity contribution >= 4 is 18.1 Å². The van der Waals surface area contributed by atoms with Crippen LogP contribution in [0.4, 0.5) is 10.1 Å². The van der Waals surface area contributed by atoms with E-state index in [1.165, 1.54) is 12.1 Å². The summed E-state index contributed by atoms with van der Waals surface area (Å²) < 4.78 is 14.7. The third kappa shape index (κ3) is 3.20. The maximum atomic E-state index is 12.9. The molecule has 1 heterocycles. The quantitative estimate of drug-likeness (QED) is 0.914. The predicted molar refractivity (Wildman–Crippen MR) is 68.9 cm³/mol. The summed E-state index contributed by atoms with van der Waals surface area (Å²) in [6, 6.07) is 6.57. The minimum atomic E-state index is -0.206. The monoisotopic (exact) mass is 255 g/mol. The van der Waals surface area contributed by atoms with Gasteiger partial charge in [-0.2, -0.15) is 5.10 Å². The lowest BCUT2D eigenvalue weighted by atomic mass is 10.2. The average molecular weight is 256 g/mol. The predicted octanol–water partition coefficient (Wildman–Crippen LogP) is 2.90. The molecule has 0 spiro atoms. The topological polar surface area (TPSA) is 29.9 Å². The Morgan fingerprint density at radius 1 is 1.41 bits per heavy atom. The van der Waals surface area contributed by atoms with Crippen molar-refractivity contribution in [1.29, 1.82) is 0 Å². The van der Waals surface area contributed by atoms with Gasteiger partial charge in [0.05, 0.1) is 17.6 Å². The Balaban J connectivity index is 0.00000144. The normalized spacial score (nSPS) is 9.82. The van der Waals surface area contributed by atoms with Crippen molar-refractivity contribution in [2.45, 2.75) is 13.5 Å². The van der Waals surface area contributed by atoms with E-state index in [9.17, 15) is 4.39 Å². The van der Waals surface area contributed by atoms with Crippen LogP contribution in [-0.4, -0.2) is 9.78 Å². The van der Waals surface area contributed by atoms with Gasteiger partial charge in [0.1, 0.15) is 5.82 Å². The minimum absolute atomic E-state index is 0. The molecular weight excluding hydrogens is 241 g/mol. The Kier molecular flexibility index (Phi) is 4.52. The summed E-state index contributed by atoms with van der Waals surface area (Å²) in [6.07, 6.45) is 1.77. The molecule has 0 amide bonds. The van der Waals surface area contributed by atoms with Crippen molar-refractivity contribution < 1.29 is 4.39 Å². The largest absolute Gasteiger partial charge is 0.378 e. The number of halogens is 2. The Morgan fingerprint density at radius 3 is 2.76 bits per heavy atom. The summed E-state index contributed by atoms with van der Waals surface area (Å²) in [6.45, 7) is 2.59. The molecule has 0 radical (unpaired) electrons. The third-order valence-corrected chi connectivity index (χ3v) is 2.61. The van der Waals surface area contributed by atoms with E-state index in [0.29, 0.717) is 6.54 Å². The minimum Gasteiger partial charge on any atom is -0.378 e. The average Bonchev–Trinajstić information content (AvgIpc) is 2.57. The highest BCUT2D eigenvalue weighted by molar-refractivity contribution is 5.85. The number of anilines is 1. The standard InChI is InChI=1S/C12H14FN3.ClH/c1-9-12(8-15-16(9)2)14-7-10-4-3-5-11(13)6-10;/h3-6,8,14H,7H2,1-2H3;1H. The second kappa shape index (κ2) is 5.68. The molecule has 0 aliphatic rings. The van der Waals surface area contributed by atoms with E-state index in [-0.39, 0.29) is 18.2 Å². The molecular formula is C12H15ClFN3. The van der Waals surface area contributed by atoms with E-state index < -0.39 is 0 Å². The van der Waals surface area contributed by atoms with E-state index in [1.54, 1.807) is 16.9 Å². The molecule has 0 saturated carbocycles. The molecule has 0 saturated heterocycles. The molecule has 92 valence electrons. The van der Waals surface area contributed by atoms with Crippen LogP contribution in [0, 0.1) is 12.7 Å². The smallest absolute Gasteiger partial charge is 0.123 e. The lowest BCUT2D eigenvalue weighted by Crippen LogP contribution is -2.01. The van der Waals surface area contributed by atoms with E-state index >= 15 is 0 Å². The first-order chi connectivity index (χ1) is 7.66. The van der Waals surface area contributed by atoms with E-state index in [0.717, 1.165) is 16.9 Å². The van der Waals surface area contributed by atoms with Gasteiger partial charge < -0.3 is 5.32 Å². The van der Waals surface area contributed by atoms with Gasteiger partial charge in [0.2, 0.25) is 0 Å². The van der Waals surface area contributed by atoms with Gasteiger partial charge in [0.15, 0.2) is 0 Å². The van der Waals surface area contributed by atoms with Crippen LogP contribution < -0.4 is 5.32 Å². The number of aromatic nitrogens is 2. The summed E-state index contributed by atoms with van der Waals surface area (Å²) in [7, 11) is 1.89. The number of nitrogens with zero attached hydrogens (tertiary/aromatic N) is 2. The summed E-state index contributed by atoms with van der Waals surface area (Å²) in [5.74, 6) is -0.206. The van der Waals surface area contributed by atoms with Crippen LogP contribution in [0.2, 0.25) is 0 Å². The maximum absolute atomic E-state index is 12.9. The van der Waals surface area contributed by atoms with Gasteiger partial charge in [-0.25, -0.2) is 4.39 Å².